The maximum atomic E-state index is 12.3. The Bertz CT molecular complexity index is 538. The van der Waals surface area contributed by atoms with Gasteiger partial charge in [-0.3, -0.25) is 14.5 Å². The summed E-state index contributed by atoms with van der Waals surface area (Å²) in [6, 6.07) is 5.61. The highest BCUT2D eigenvalue weighted by Gasteiger charge is 2.36. The Morgan fingerprint density at radius 2 is 1.63 bits per heavy atom. The van der Waals surface area contributed by atoms with Gasteiger partial charge in [0.05, 0.1) is 11.1 Å². The van der Waals surface area contributed by atoms with E-state index in [1.54, 1.807) is 6.07 Å². The summed E-state index contributed by atoms with van der Waals surface area (Å²) in [6.07, 6.45) is 0. The summed E-state index contributed by atoms with van der Waals surface area (Å²) in [7, 11) is 0. The number of amides is 2. The van der Waals surface area contributed by atoms with Gasteiger partial charge in [-0.1, -0.05) is 40.7 Å². The molecule has 0 aromatic heterocycles. The summed E-state index contributed by atoms with van der Waals surface area (Å²) in [6.45, 7) is 10.8. The first kappa shape index (κ1) is 13.8. The molecule has 1 heterocycles. The van der Waals surface area contributed by atoms with Gasteiger partial charge in [0.25, 0.3) is 11.8 Å². The third-order valence-electron chi connectivity index (χ3n) is 3.38. The number of carbonyl (C=O) groups excluding carboxylic acids is 2. The first-order valence-corrected chi connectivity index (χ1v) is 6.72. The van der Waals surface area contributed by atoms with Gasteiger partial charge in [-0.2, -0.15) is 0 Å². The van der Waals surface area contributed by atoms with Gasteiger partial charge in [0.1, 0.15) is 0 Å². The van der Waals surface area contributed by atoms with Crippen LogP contribution in [0.4, 0.5) is 0 Å². The fourth-order valence-corrected chi connectivity index (χ4v) is 2.29. The molecule has 0 bridgehead atoms. The molecule has 0 unspecified atom stereocenters. The maximum Gasteiger partial charge on any atom is 0.261 e. The molecule has 1 aliphatic rings. The number of rotatable bonds is 2. The number of nitrogens with zero attached hydrogens (tertiary/aromatic N) is 1. The number of carbonyl (C=O) groups is 2. The Kier molecular flexibility index (Phi) is 3.25. The molecule has 3 heteroatoms. The normalized spacial score (nSPS) is 15.4. The minimum Gasteiger partial charge on any atom is -0.274 e. The minimum absolute atomic E-state index is 0.0240. The van der Waals surface area contributed by atoms with Crippen LogP contribution in [0.1, 0.15) is 60.9 Å². The summed E-state index contributed by atoms with van der Waals surface area (Å²) in [5, 5.41) is 0. The molecule has 0 saturated heterocycles. The Morgan fingerprint density at radius 1 is 1.05 bits per heavy atom. The van der Waals surface area contributed by atoms with Crippen molar-refractivity contribution in [3.8, 4) is 0 Å². The number of benzene rings is 1. The third kappa shape index (κ3) is 2.42. The molecule has 0 saturated carbocycles. The van der Waals surface area contributed by atoms with E-state index in [4.69, 9.17) is 0 Å². The number of fused-ring (bicyclic) bond motifs is 1. The topological polar surface area (TPSA) is 37.4 Å². The molecule has 0 N–H and O–H groups in total. The van der Waals surface area contributed by atoms with Crippen molar-refractivity contribution in [2.75, 3.05) is 6.54 Å². The van der Waals surface area contributed by atoms with Crippen molar-refractivity contribution >= 4 is 11.8 Å². The Hall–Kier alpha value is -1.64. The van der Waals surface area contributed by atoms with Crippen molar-refractivity contribution in [2.45, 2.75) is 40.0 Å². The summed E-state index contributed by atoms with van der Waals surface area (Å²) in [5.41, 5.74) is 2.15. The van der Waals surface area contributed by atoms with E-state index in [9.17, 15) is 9.59 Å². The summed E-state index contributed by atoms with van der Waals surface area (Å²) < 4.78 is 0. The minimum atomic E-state index is -0.158. The van der Waals surface area contributed by atoms with E-state index < -0.39 is 0 Å². The number of imide groups is 1. The first-order chi connectivity index (χ1) is 8.71. The molecule has 2 rings (SSSR count). The Balaban J connectivity index is 2.43. The number of hydrogen-bond donors (Lipinski definition) is 0. The molecule has 102 valence electrons. The van der Waals surface area contributed by atoms with Gasteiger partial charge in [-0.25, -0.2) is 0 Å². The van der Waals surface area contributed by atoms with Gasteiger partial charge in [0.15, 0.2) is 0 Å². The van der Waals surface area contributed by atoms with Crippen LogP contribution in [0.15, 0.2) is 18.2 Å². The van der Waals surface area contributed by atoms with E-state index in [1.165, 1.54) is 4.90 Å². The quantitative estimate of drug-likeness (QED) is 0.765. The summed E-state index contributed by atoms with van der Waals surface area (Å²) in [5.74, 6) is -0.0294. The highest BCUT2D eigenvalue weighted by atomic mass is 16.2. The standard InChI is InChI=1S/C16H21NO2/c1-10(2)9-17-14(18)12-7-6-11(16(3,4)5)8-13(12)15(17)19/h6-8,10H,9H2,1-5H3. The van der Waals surface area contributed by atoms with Crippen LogP contribution in [-0.2, 0) is 5.41 Å². The van der Waals surface area contributed by atoms with E-state index in [0.29, 0.717) is 17.7 Å². The molecule has 0 aliphatic carbocycles. The van der Waals surface area contributed by atoms with Crippen molar-refractivity contribution in [3.63, 3.8) is 0 Å². The van der Waals surface area contributed by atoms with Crippen LogP contribution in [0.2, 0.25) is 0 Å². The average molecular weight is 259 g/mol. The van der Waals surface area contributed by atoms with Crippen LogP contribution < -0.4 is 0 Å². The molecule has 1 aromatic carbocycles. The van der Waals surface area contributed by atoms with Gasteiger partial charge in [-0.15, -0.1) is 0 Å². The van der Waals surface area contributed by atoms with Gasteiger partial charge >= 0.3 is 0 Å². The van der Waals surface area contributed by atoms with E-state index in [1.807, 2.05) is 26.0 Å². The predicted molar refractivity (Wildman–Crippen MR) is 75.3 cm³/mol. The molecule has 0 radical (unpaired) electrons. The van der Waals surface area contributed by atoms with E-state index in [2.05, 4.69) is 20.8 Å². The molecular formula is C16H21NO2. The van der Waals surface area contributed by atoms with Crippen LogP contribution in [0.3, 0.4) is 0 Å². The lowest BCUT2D eigenvalue weighted by molar-refractivity contribution is 0.0636. The van der Waals surface area contributed by atoms with Gasteiger partial charge in [0, 0.05) is 6.54 Å². The molecule has 1 aliphatic heterocycles. The van der Waals surface area contributed by atoms with Crippen molar-refractivity contribution in [2.24, 2.45) is 5.92 Å². The molecule has 3 nitrogen and oxygen atoms in total. The molecule has 0 fully saturated rings. The second-order valence-electron chi connectivity index (χ2n) is 6.63. The molecular weight excluding hydrogens is 238 g/mol. The highest BCUT2D eigenvalue weighted by Crippen LogP contribution is 2.29. The van der Waals surface area contributed by atoms with Crippen LogP contribution in [-0.4, -0.2) is 23.3 Å². The zero-order valence-corrected chi connectivity index (χ0v) is 12.3. The second-order valence-corrected chi connectivity index (χ2v) is 6.63. The third-order valence-corrected chi connectivity index (χ3v) is 3.38. The second kappa shape index (κ2) is 4.48. The molecule has 1 aromatic rings. The van der Waals surface area contributed by atoms with Crippen molar-refractivity contribution in [3.05, 3.63) is 34.9 Å². The highest BCUT2D eigenvalue weighted by molar-refractivity contribution is 6.21. The fourth-order valence-electron chi connectivity index (χ4n) is 2.29. The van der Waals surface area contributed by atoms with Gasteiger partial charge in [-0.05, 0) is 29.0 Å². The van der Waals surface area contributed by atoms with Crippen LogP contribution in [0, 0.1) is 5.92 Å². The van der Waals surface area contributed by atoms with Crippen LogP contribution in [0.5, 0.6) is 0 Å². The fraction of sp³-hybridized carbons (Fsp3) is 0.500. The average Bonchev–Trinajstić information content (AvgIpc) is 2.53. The molecule has 0 atom stereocenters. The predicted octanol–water partition coefficient (Wildman–Crippen LogP) is 3.24. The van der Waals surface area contributed by atoms with Crippen LogP contribution in [0.25, 0.3) is 0 Å². The van der Waals surface area contributed by atoms with Crippen molar-refractivity contribution in [1.82, 2.24) is 4.90 Å². The zero-order valence-electron chi connectivity index (χ0n) is 12.3. The number of hydrogen-bond acceptors (Lipinski definition) is 2. The van der Waals surface area contributed by atoms with E-state index in [-0.39, 0.29) is 23.1 Å². The lowest BCUT2D eigenvalue weighted by Gasteiger charge is -2.19. The smallest absolute Gasteiger partial charge is 0.261 e. The monoisotopic (exact) mass is 259 g/mol. The van der Waals surface area contributed by atoms with Crippen LogP contribution >= 0.6 is 0 Å². The molecule has 2 amide bonds. The maximum absolute atomic E-state index is 12.3. The Labute approximate surface area is 114 Å². The largest absolute Gasteiger partial charge is 0.274 e. The van der Waals surface area contributed by atoms with E-state index >= 15 is 0 Å². The molecule has 0 spiro atoms. The SMILES string of the molecule is CC(C)CN1C(=O)c2ccc(C(C)(C)C)cc2C1=O. The van der Waals surface area contributed by atoms with Gasteiger partial charge < -0.3 is 0 Å². The summed E-state index contributed by atoms with van der Waals surface area (Å²) in [4.78, 5) is 25.9. The van der Waals surface area contributed by atoms with Gasteiger partial charge in [0.2, 0.25) is 0 Å². The lowest BCUT2D eigenvalue weighted by Crippen LogP contribution is -2.33. The zero-order chi connectivity index (χ0) is 14.4. The van der Waals surface area contributed by atoms with Crippen molar-refractivity contribution in [1.29, 1.82) is 0 Å². The van der Waals surface area contributed by atoms with Crippen molar-refractivity contribution < 1.29 is 9.59 Å². The summed E-state index contributed by atoms with van der Waals surface area (Å²) >= 11 is 0. The lowest BCUT2D eigenvalue weighted by atomic mass is 9.85. The Morgan fingerprint density at radius 3 is 2.16 bits per heavy atom. The van der Waals surface area contributed by atoms with E-state index in [0.717, 1.165) is 5.56 Å². The molecule has 19 heavy (non-hydrogen) atoms. The first-order valence-electron chi connectivity index (χ1n) is 6.72.